The second-order valence-electron chi connectivity index (χ2n) is 6.45. The van der Waals surface area contributed by atoms with E-state index in [0.717, 1.165) is 19.3 Å². The number of carbonyl (C=O) groups is 2. The maximum absolute atomic E-state index is 12.6. The van der Waals surface area contributed by atoms with Crippen molar-refractivity contribution < 1.29 is 14.3 Å². The molecule has 1 fully saturated rings. The van der Waals surface area contributed by atoms with Crippen LogP contribution < -0.4 is 10.6 Å². The van der Waals surface area contributed by atoms with Crippen LogP contribution in [0.3, 0.4) is 0 Å². The Morgan fingerprint density at radius 2 is 2.16 bits per heavy atom. The van der Waals surface area contributed by atoms with Gasteiger partial charge in [0.25, 0.3) is 5.91 Å². The predicted octanol–water partition coefficient (Wildman–Crippen LogP) is 2.90. The van der Waals surface area contributed by atoms with E-state index in [4.69, 9.17) is 16.3 Å². The number of ether oxygens (including phenoxy) is 1. The summed E-state index contributed by atoms with van der Waals surface area (Å²) >= 11 is 6.24. The van der Waals surface area contributed by atoms with Gasteiger partial charge >= 0.3 is 0 Å². The summed E-state index contributed by atoms with van der Waals surface area (Å²) in [4.78, 5) is 24.3. The monoisotopic (exact) mass is 362 g/mol. The van der Waals surface area contributed by atoms with E-state index in [1.807, 2.05) is 12.1 Å². The van der Waals surface area contributed by atoms with E-state index in [1.165, 1.54) is 18.4 Å². The zero-order chi connectivity index (χ0) is 17.6. The van der Waals surface area contributed by atoms with E-state index in [2.05, 4.69) is 16.7 Å². The minimum atomic E-state index is -0.780. The molecule has 1 heterocycles. The maximum Gasteiger partial charge on any atom is 0.251 e. The molecule has 5 nitrogen and oxygen atoms in total. The van der Waals surface area contributed by atoms with Gasteiger partial charge in [-0.2, -0.15) is 0 Å². The first-order chi connectivity index (χ1) is 12.1. The molecule has 2 amide bonds. The summed E-state index contributed by atoms with van der Waals surface area (Å²) in [6.07, 6.45) is 7.10. The van der Waals surface area contributed by atoms with Crippen LogP contribution in [0.4, 0.5) is 0 Å². The fourth-order valence-corrected chi connectivity index (χ4v) is 3.58. The zero-order valence-corrected chi connectivity index (χ0v) is 14.8. The quantitative estimate of drug-likeness (QED) is 0.791. The molecule has 0 aromatic heterocycles. The summed E-state index contributed by atoms with van der Waals surface area (Å²) in [5.41, 5.74) is 2.10. The lowest BCUT2D eigenvalue weighted by Gasteiger charge is -2.32. The van der Waals surface area contributed by atoms with Crippen LogP contribution in [0.2, 0.25) is 5.02 Å². The van der Waals surface area contributed by atoms with Crippen molar-refractivity contribution in [3.63, 3.8) is 0 Å². The molecule has 2 atom stereocenters. The number of carbonyl (C=O) groups excluding carboxylic acids is 2. The first kappa shape index (κ1) is 18.0. The van der Waals surface area contributed by atoms with E-state index in [0.29, 0.717) is 17.1 Å². The lowest BCUT2D eigenvalue weighted by atomic mass is 9.97. The van der Waals surface area contributed by atoms with Gasteiger partial charge in [0.05, 0.1) is 6.04 Å². The first-order valence-electron chi connectivity index (χ1n) is 8.76. The van der Waals surface area contributed by atoms with Crippen LogP contribution >= 0.6 is 11.6 Å². The molecule has 0 radical (unpaired) electrons. The minimum absolute atomic E-state index is 0.121. The SMILES string of the molecule is O=C1CO[C@H](C(=O)NCCC2=CCCCC2)[C@@H](c2ccccc2Cl)N1. The third-order valence-electron chi connectivity index (χ3n) is 4.64. The lowest BCUT2D eigenvalue weighted by Crippen LogP contribution is -2.52. The van der Waals surface area contributed by atoms with Crippen molar-refractivity contribution >= 4 is 23.4 Å². The second-order valence-corrected chi connectivity index (χ2v) is 6.85. The number of hydrogen-bond donors (Lipinski definition) is 2. The Bertz CT molecular complexity index is 674. The van der Waals surface area contributed by atoms with Gasteiger partial charge in [0.1, 0.15) is 6.61 Å². The van der Waals surface area contributed by atoms with Crippen molar-refractivity contribution in [3.8, 4) is 0 Å². The van der Waals surface area contributed by atoms with Crippen molar-refractivity contribution in [1.82, 2.24) is 10.6 Å². The largest absolute Gasteiger partial charge is 0.356 e. The molecule has 1 aliphatic carbocycles. The second kappa shape index (κ2) is 8.50. The van der Waals surface area contributed by atoms with E-state index >= 15 is 0 Å². The molecule has 1 aromatic carbocycles. The number of hydrogen-bond acceptors (Lipinski definition) is 3. The molecule has 0 unspecified atom stereocenters. The molecule has 1 aliphatic heterocycles. The molecule has 0 spiro atoms. The molecule has 2 N–H and O–H groups in total. The van der Waals surface area contributed by atoms with Gasteiger partial charge < -0.3 is 15.4 Å². The molecule has 1 saturated heterocycles. The standard InChI is InChI=1S/C19H23ClN2O3/c20-15-9-5-4-8-14(15)17-18(25-12-16(23)22-17)19(24)21-11-10-13-6-2-1-3-7-13/h4-6,8-9,17-18H,1-3,7,10-12H2,(H,21,24)(H,22,23)/t17-,18+/m1/s1. The van der Waals surface area contributed by atoms with Gasteiger partial charge in [0.15, 0.2) is 6.10 Å². The summed E-state index contributed by atoms with van der Waals surface area (Å²) < 4.78 is 5.52. The van der Waals surface area contributed by atoms with E-state index < -0.39 is 12.1 Å². The Morgan fingerprint density at radius 3 is 2.92 bits per heavy atom. The third kappa shape index (κ3) is 4.61. The van der Waals surface area contributed by atoms with Crippen LogP contribution in [0, 0.1) is 0 Å². The van der Waals surface area contributed by atoms with Crippen LogP contribution in [0.15, 0.2) is 35.9 Å². The molecule has 3 rings (SSSR count). The highest BCUT2D eigenvalue weighted by Gasteiger charge is 2.36. The summed E-state index contributed by atoms with van der Waals surface area (Å²) in [5, 5.41) is 6.26. The van der Waals surface area contributed by atoms with E-state index in [-0.39, 0.29) is 18.4 Å². The smallest absolute Gasteiger partial charge is 0.251 e. The lowest BCUT2D eigenvalue weighted by molar-refractivity contribution is -0.148. The highest BCUT2D eigenvalue weighted by molar-refractivity contribution is 6.31. The zero-order valence-electron chi connectivity index (χ0n) is 14.1. The molecule has 6 heteroatoms. The number of rotatable bonds is 5. The number of benzene rings is 1. The summed E-state index contributed by atoms with van der Waals surface area (Å²) in [7, 11) is 0. The van der Waals surface area contributed by atoms with Gasteiger partial charge in [-0.05, 0) is 43.7 Å². The van der Waals surface area contributed by atoms with Gasteiger partial charge in [-0.1, -0.05) is 41.4 Å². The number of amides is 2. The molecular formula is C19H23ClN2O3. The van der Waals surface area contributed by atoms with Crippen LogP contribution in [0.5, 0.6) is 0 Å². The number of nitrogens with one attached hydrogen (secondary N) is 2. The Balaban J connectivity index is 1.63. The van der Waals surface area contributed by atoms with Crippen molar-refractivity contribution in [3.05, 3.63) is 46.5 Å². The van der Waals surface area contributed by atoms with E-state index in [1.54, 1.807) is 12.1 Å². The molecule has 0 saturated carbocycles. The molecular weight excluding hydrogens is 340 g/mol. The van der Waals surface area contributed by atoms with Crippen LogP contribution in [-0.4, -0.2) is 31.1 Å². The molecule has 2 aliphatic rings. The predicted molar refractivity (Wildman–Crippen MR) is 96.3 cm³/mol. The Labute approximate surface area is 152 Å². The fraction of sp³-hybridized carbons (Fsp3) is 0.474. The Hall–Kier alpha value is -1.85. The molecule has 25 heavy (non-hydrogen) atoms. The topological polar surface area (TPSA) is 67.4 Å². The van der Waals surface area contributed by atoms with Gasteiger partial charge in [-0.25, -0.2) is 0 Å². The van der Waals surface area contributed by atoms with Gasteiger partial charge in [-0.15, -0.1) is 0 Å². The van der Waals surface area contributed by atoms with Crippen LogP contribution in [0.25, 0.3) is 0 Å². The van der Waals surface area contributed by atoms with Gasteiger partial charge in [0, 0.05) is 11.6 Å². The van der Waals surface area contributed by atoms with Gasteiger partial charge in [0.2, 0.25) is 5.91 Å². The van der Waals surface area contributed by atoms with E-state index in [9.17, 15) is 9.59 Å². The third-order valence-corrected chi connectivity index (χ3v) is 4.99. The van der Waals surface area contributed by atoms with Crippen molar-refractivity contribution in [2.45, 2.75) is 44.2 Å². The minimum Gasteiger partial charge on any atom is -0.356 e. The molecule has 134 valence electrons. The van der Waals surface area contributed by atoms with Crippen LogP contribution in [0.1, 0.15) is 43.7 Å². The first-order valence-corrected chi connectivity index (χ1v) is 9.14. The van der Waals surface area contributed by atoms with Crippen LogP contribution in [-0.2, 0) is 14.3 Å². The number of allylic oxidation sites excluding steroid dienone is 1. The summed E-state index contributed by atoms with van der Waals surface area (Å²) in [5.74, 6) is -0.470. The maximum atomic E-state index is 12.6. The highest BCUT2D eigenvalue weighted by atomic mass is 35.5. The van der Waals surface area contributed by atoms with Crippen molar-refractivity contribution in [2.24, 2.45) is 0 Å². The normalized spacial score (nSPS) is 23.6. The Kier molecular flexibility index (Phi) is 6.10. The fourth-order valence-electron chi connectivity index (χ4n) is 3.33. The van der Waals surface area contributed by atoms with Crippen molar-refractivity contribution in [2.75, 3.05) is 13.2 Å². The average molecular weight is 363 g/mol. The molecule has 0 bridgehead atoms. The summed E-state index contributed by atoms with van der Waals surface area (Å²) in [6.45, 7) is 0.456. The van der Waals surface area contributed by atoms with Crippen molar-refractivity contribution in [1.29, 1.82) is 0 Å². The molecule has 1 aromatic rings. The number of halogens is 1. The highest BCUT2D eigenvalue weighted by Crippen LogP contribution is 2.28. The average Bonchev–Trinajstić information content (AvgIpc) is 2.63. The van der Waals surface area contributed by atoms with Gasteiger partial charge in [-0.3, -0.25) is 9.59 Å². The Morgan fingerprint density at radius 1 is 1.32 bits per heavy atom. The number of morpholine rings is 1. The summed E-state index contributed by atoms with van der Waals surface area (Å²) in [6, 6.07) is 6.59.